The summed E-state index contributed by atoms with van der Waals surface area (Å²) in [5.41, 5.74) is 1.07. The number of rotatable bonds is 17. The lowest BCUT2D eigenvalue weighted by Crippen LogP contribution is -2.32. The first-order valence-electron chi connectivity index (χ1n) is 11.5. The normalized spacial score (nSPS) is 14.3. The molecule has 0 unspecified atom stereocenters. The third-order valence-electron chi connectivity index (χ3n) is 4.49. The predicted molar refractivity (Wildman–Crippen MR) is 118 cm³/mol. The summed E-state index contributed by atoms with van der Waals surface area (Å²) < 4.78 is 23.5. The molecule has 1 aliphatic heterocycles. The Morgan fingerprint density at radius 2 is 1.41 bits per heavy atom. The van der Waals surface area contributed by atoms with Crippen molar-refractivity contribution in [3.8, 4) is 0 Å². The highest BCUT2D eigenvalue weighted by atomic mass is 16.7. The van der Waals surface area contributed by atoms with E-state index in [1.165, 1.54) is 0 Å². The van der Waals surface area contributed by atoms with Crippen LogP contribution in [0.5, 0.6) is 0 Å². The number of imide groups is 1. The lowest BCUT2D eigenvalue weighted by molar-refractivity contribution is -0.198. The quantitative estimate of drug-likeness (QED) is 0.232. The summed E-state index contributed by atoms with van der Waals surface area (Å²) in [5.74, 6) is -1.69. The third-order valence-corrected chi connectivity index (χ3v) is 4.49. The number of hydrogen-bond acceptors (Lipinski definition) is 10. The first-order chi connectivity index (χ1) is 16.2. The van der Waals surface area contributed by atoms with Crippen LogP contribution in [0, 0.1) is 5.41 Å². The van der Waals surface area contributed by atoms with Gasteiger partial charge in [0.05, 0.1) is 65.0 Å². The smallest absolute Gasteiger partial charge is 0.335 e. The van der Waals surface area contributed by atoms with Crippen LogP contribution in [0.4, 0.5) is 0 Å². The number of carbonyl (C=O) groups is 3. The molecule has 192 valence electrons. The molecule has 0 aliphatic carbocycles. The molecule has 0 N–H and O–H groups in total. The molecule has 0 bridgehead atoms. The second kappa shape index (κ2) is 14.8. The van der Waals surface area contributed by atoms with Gasteiger partial charge in [0.1, 0.15) is 0 Å². The van der Waals surface area contributed by atoms with Gasteiger partial charge in [-0.1, -0.05) is 26.0 Å². The average Bonchev–Trinajstić information content (AvgIpc) is 3.33. The van der Waals surface area contributed by atoms with E-state index in [9.17, 15) is 14.4 Å². The van der Waals surface area contributed by atoms with E-state index >= 15 is 0 Å². The Morgan fingerprint density at radius 3 is 1.97 bits per heavy atom. The molecule has 2 heterocycles. The number of ether oxygens (including phenoxy) is 4. The van der Waals surface area contributed by atoms with Crippen LogP contribution in [0.3, 0.4) is 0 Å². The van der Waals surface area contributed by atoms with Crippen molar-refractivity contribution in [2.45, 2.75) is 53.0 Å². The van der Waals surface area contributed by atoms with Crippen LogP contribution in [-0.4, -0.2) is 90.7 Å². The molecular weight excluding hydrogens is 448 g/mol. The summed E-state index contributed by atoms with van der Waals surface area (Å²) in [6.45, 7) is 10.4. The van der Waals surface area contributed by atoms with Crippen LogP contribution in [0.15, 0.2) is 6.20 Å². The Labute approximate surface area is 199 Å². The Bertz CT molecular complexity index is 761. The second-order valence-corrected chi connectivity index (χ2v) is 8.96. The number of aromatic nitrogens is 3. The summed E-state index contributed by atoms with van der Waals surface area (Å²) >= 11 is 0. The van der Waals surface area contributed by atoms with E-state index in [-0.39, 0.29) is 31.3 Å². The molecule has 1 fully saturated rings. The second-order valence-electron chi connectivity index (χ2n) is 8.96. The molecule has 0 saturated carbocycles. The molecule has 2 rings (SSSR count). The van der Waals surface area contributed by atoms with E-state index < -0.39 is 17.8 Å². The molecule has 12 heteroatoms. The van der Waals surface area contributed by atoms with E-state index in [0.717, 1.165) is 12.2 Å². The number of hydroxylamine groups is 2. The lowest BCUT2D eigenvalue weighted by Gasteiger charge is -2.16. The predicted octanol–water partition coefficient (Wildman–Crippen LogP) is 0.930. The SMILES string of the molecule is CC(C)(C)Cn1cc(CCOCCOCCOCCOCCC(=O)ON2C(=O)CCC2=O)nn1. The zero-order valence-electron chi connectivity index (χ0n) is 20.3. The van der Waals surface area contributed by atoms with Crippen molar-refractivity contribution >= 4 is 17.8 Å². The summed E-state index contributed by atoms with van der Waals surface area (Å²) in [5, 5.41) is 8.81. The van der Waals surface area contributed by atoms with E-state index in [0.29, 0.717) is 57.7 Å². The van der Waals surface area contributed by atoms with Gasteiger partial charge in [-0.3, -0.25) is 14.3 Å². The van der Waals surface area contributed by atoms with Gasteiger partial charge in [0.25, 0.3) is 11.8 Å². The Balaban J connectivity index is 1.33. The summed E-state index contributed by atoms with van der Waals surface area (Å²) in [6, 6.07) is 0. The van der Waals surface area contributed by atoms with E-state index in [4.69, 9.17) is 23.8 Å². The van der Waals surface area contributed by atoms with Crippen LogP contribution in [0.2, 0.25) is 0 Å². The lowest BCUT2D eigenvalue weighted by atomic mass is 9.97. The maximum absolute atomic E-state index is 11.6. The minimum atomic E-state index is -0.688. The maximum atomic E-state index is 11.6. The minimum absolute atomic E-state index is 0.0600. The fourth-order valence-corrected chi connectivity index (χ4v) is 2.92. The molecule has 0 atom stereocenters. The monoisotopic (exact) mass is 484 g/mol. The Morgan fingerprint density at radius 1 is 0.882 bits per heavy atom. The Kier molecular flexibility index (Phi) is 12.1. The van der Waals surface area contributed by atoms with E-state index in [2.05, 4.69) is 31.1 Å². The number of amides is 2. The molecule has 0 aromatic carbocycles. The zero-order chi connectivity index (χ0) is 24.8. The van der Waals surface area contributed by atoms with Crippen molar-refractivity contribution in [3.63, 3.8) is 0 Å². The molecule has 1 saturated heterocycles. The fraction of sp³-hybridized carbons (Fsp3) is 0.773. The molecule has 2 amide bonds. The average molecular weight is 485 g/mol. The third kappa shape index (κ3) is 11.6. The molecule has 1 aliphatic rings. The topological polar surface area (TPSA) is 131 Å². The summed E-state index contributed by atoms with van der Waals surface area (Å²) in [6.07, 6.45) is 2.74. The van der Waals surface area contributed by atoms with Gasteiger partial charge < -0.3 is 23.8 Å². The van der Waals surface area contributed by atoms with Crippen LogP contribution in [-0.2, 0) is 51.1 Å². The van der Waals surface area contributed by atoms with Crippen LogP contribution in [0.25, 0.3) is 0 Å². The van der Waals surface area contributed by atoms with Crippen molar-refractivity contribution in [1.29, 1.82) is 0 Å². The van der Waals surface area contributed by atoms with Gasteiger partial charge >= 0.3 is 5.97 Å². The highest BCUT2D eigenvalue weighted by Crippen LogP contribution is 2.15. The van der Waals surface area contributed by atoms with Crippen LogP contribution < -0.4 is 0 Å². The molecule has 1 aromatic heterocycles. The largest absolute Gasteiger partial charge is 0.379 e. The van der Waals surface area contributed by atoms with Crippen LogP contribution >= 0.6 is 0 Å². The zero-order valence-corrected chi connectivity index (χ0v) is 20.3. The standard InChI is InChI=1S/C22H36N4O8/c1-22(2,3)17-25-16-18(23-24-25)6-8-30-10-12-32-14-15-33-13-11-31-9-7-21(29)34-26-19(27)4-5-20(26)28/h16H,4-15,17H2,1-3H3. The molecular formula is C22H36N4O8. The van der Waals surface area contributed by atoms with Gasteiger partial charge in [-0.15, -0.1) is 10.2 Å². The summed E-state index contributed by atoms with van der Waals surface area (Å²) in [4.78, 5) is 39.0. The molecule has 12 nitrogen and oxygen atoms in total. The van der Waals surface area contributed by atoms with Gasteiger partial charge in [-0.25, -0.2) is 4.79 Å². The summed E-state index contributed by atoms with van der Waals surface area (Å²) in [7, 11) is 0. The Hall–Kier alpha value is -2.41. The molecule has 34 heavy (non-hydrogen) atoms. The number of carbonyl (C=O) groups excluding carboxylic acids is 3. The van der Waals surface area contributed by atoms with Gasteiger partial charge in [-0.05, 0) is 5.41 Å². The first-order valence-corrected chi connectivity index (χ1v) is 11.5. The van der Waals surface area contributed by atoms with Crippen molar-refractivity contribution in [1.82, 2.24) is 20.1 Å². The van der Waals surface area contributed by atoms with Gasteiger partial charge in [0.2, 0.25) is 0 Å². The van der Waals surface area contributed by atoms with Crippen LogP contribution in [0.1, 0.15) is 45.7 Å². The van der Waals surface area contributed by atoms with Crippen molar-refractivity contribution in [3.05, 3.63) is 11.9 Å². The van der Waals surface area contributed by atoms with Gasteiger partial charge in [0.15, 0.2) is 0 Å². The maximum Gasteiger partial charge on any atom is 0.335 e. The number of nitrogens with zero attached hydrogens (tertiary/aromatic N) is 4. The molecule has 1 aromatic rings. The van der Waals surface area contributed by atoms with Crippen molar-refractivity contribution in [2.75, 3.05) is 52.9 Å². The van der Waals surface area contributed by atoms with Crippen molar-refractivity contribution < 1.29 is 38.2 Å². The van der Waals surface area contributed by atoms with E-state index in [1.807, 2.05) is 10.9 Å². The first kappa shape index (κ1) is 27.8. The van der Waals surface area contributed by atoms with Crippen molar-refractivity contribution in [2.24, 2.45) is 5.41 Å². The highest BCUT2D eigenvalue weighted by Gasteiger charge is 2.32. The minimum Gasteiger partial charge on any atom is -0.379 e. The van der Waals surface area contributed by atoms with E-state index in [1.54, 1.807) is 0 Å². The van der Waals surface area contributed by atoms with Gasteiger partial charge in [0, 0.05) is 32.0 Å². The number of hydrogen-bond donors (Lipinski definition) is 0. The highest BCUT2D eigenvalue weighted by molar-refractivity contribution is 6.01. The van der Waals surface area contributed by atoms with Gasteiger partial charge in [-0.2, -0.15) is 0 Å². The molecule has 0 spiro atoms. The fourth-order valence-electron chi connectivity index (χ4n) is 2.92. The molecule has 0 radical (unpaired) electrons.